The van der Waals surface area contributed by atoms with Crippen LogP contribution in [0.3, 0.4) is 0 Å². The second-order valence-corrected chi connectivity index (χ2v) is 6.40. The molecule has 0 aliphatic rings. The van der Waals surface area contributed by atoms with E-state index in [9.17, 15) is 0 Å². The third-order valence-electron chi connectivity index (χ3n) is 3.95. The third kappa shape index (κ3) is 3.99. The molecule has 1 heterocycles. The fraction of sp³-hybridized carbons (Fsp3) is 0.238. The van der Waals surface area contributed by atoms with Crippen molar-refractivity contribution in [3.05, 3.63) is 81.6 Å². The Morgan fingerprint density at radius 1 is 0.833 bits per heavy atom. The molecule has 3 rings (SSSR count). The van der Waals surface area contributed by atoms with Gasteiger partial charge in [0, 0.05) is 6.08 Å². The first-order valence-corrected chi connectivity index (χ1v) is 8.14. The van der Waals surface area contributed by atoms with E-state index in [0.717, 1.165) is 5.56 Å². The van der Waals surface area contributed by atoms with Gasteiger partial charge < -0.3 is 4.42 Å². The molecule has 3 heteroatoms. The van der Waals surface area contributed by atoms with E-state index in [-0.39, 0.29) is 0 Å². The summed E-state index contributed by atoms with van der Waals surface area (Å²) in [7, 11) is 0. The molecule has 3 nitrogen and oxygen atoms in total. The molecule has 0 radical (unpaired) electrons. The standard InChI is InChI=1S/C21H22N2O/c1-14-5-6-19(17(4)10-14)7-8-20-22-23-21(24-20)13-18-11-15(2)9-16(3)12-18/h5-12H,13H2,1-4H3/b8-7+. The minimum Gasteiger partial charge on any atom is -0.421 e. The van der Waals surface area contributed by atoms with Gasteiger partial charge in [-0.15, -0.1) is 10.2 Å². The Hall–Kier alpha value is -2.68. The van der Waals surface area contributed by atoms with Gasteiger partial charge in [-0.2, -0.15) is 0 Å². The van der Waals surface area contributed by atoms with Crippen molar-refractivity contribution >= 4 is 12.2 Å². The summed E-state index contributed by atoms with van der Waals surface area (Å²) in [5.41, 5.74) is 7.36. The molecule has 1 aromatic heterocycles. The molecule has 3 aromatic rings. The first kappa shape index (κ1) is 16.2. The minimum atomic E-state index is 0.536. The van der Waals surface area contributed by atoms with Crippen molar-refractivity contribution in [2.75, 3.05) is 0 Å². The lowest BCUT2D eigenvalue weighted by atomic mass is 10.1. The van der Waals surface area contributed by atoms with Crippen LogP contribution in [0.5, 0.6) is 0 Å². The Morgan fingerprint density at radius 2 is 1.58 bits per heavy atom. The smallest absolute Gasteiger partial charge is 0.240 e. The normalized spacial score (nSPS) is 11.3. The van der Waals surface area contributed by atoms with Crippen molar-refractivity contribution < 1.29 is 4.42 Å². The van der Waals surface area contributed by atoms with Gasteiger partial charge in [-0.3, -0.25) is 0 Å². The maximum atomic E-state index is 5.74. The van der Waals surface area contributed by atoms with Gasteiger partial charge in [0.05, 0.1) is 6.42 Å². The number of hydrogen-bond donors (Lipinski definition) is 0. The van der Waals surface area contributed by atoms with Gasteiger partial charge in [0.1, 0.15) is 0 Å². The van der Waals surface area contributed by atoms with Crippen LogP contribution in [-0.4, -0.2) is 10.2 Å². The molecule has 0 atom stereocenters. The van der Waals surface area contributed by atoms with Gasteiger partial charge in [0.15, 0.2) is 0 Å². The predicted octanol–water partition coefficient (Wildman–Crippen LogP) is 5.06. The molecule has 0 saturated heterocycles. The Bertz CT molecular complexity index is 870. The minimum absolute atomic E-state index is 0.536. The van der Waals surface area contributed by atoms with E-state index in [4.69, 9.17) is 4.42 Å². The molecule has 2 aromatic carbocycles. The largest absolute Gasteiger partial charge is 0.421 e. The highest BCUT2D eigenvalue weighted by molar-refractivity contribution is 5.68. The van der Waals surface area contributed by atoms with E-state index < -0.39 is 0 Å². The van der Waals surface area contributed by atoms with Crippen LogP contribution in [0, 0.1) is 27.7 Å². The summed E-state index contributed by atoms with van der Waals surface area (Å²) < 4.78 is 5.74. The van der Waals surface area contributed by atoms with Crippen molar-refractivity contribution in [3.8, 4) is 0 Å². The fourth-order valence-corrected chi connectivity index (χ4v) is 2.92. The molecule has 0 bridgehead atoms. The summed E-state index contributed by atoms with van der Waals surface area (Å²) in [6, 6.07) is 12.8. The number of aromatic nitrogens is 2. The zero-order chi connectivity index (χ0) is 17.1. The van der Waals surface area contributed by atoms with Gasteiger partial charge in [-0.05, 0) is 50.5 Å². The van der Waals surface area contributed by atoms with Gasteiger partial charge >= 0.3 is 0 Å². The van der Waals surface area contributed by atoms with Crippen LogP contribution < -0.4 is 0 Å². The van der Waals surface area contributed by atoms with Gasteiger partial charge in [-0.25, -0.2) is 0 Å². The van der Waals surface area contributed by atoms with Crippen LogP contribution in [-0.2, 0) is 6.42 Å². The summed E-state index contributed by atoms with van der Waals surface area (Å²) in [5.74, 6) is 1.18. The molecular formula is C21H22N2O. The van der Waals surface area contributed by atoms with Crippen molar-refractivity contribution in [2.45, 2.75) is 34.1 Å². The summed E-state index contributed by atoms with van der Waals surface area (Å²) in [5, 5.41) is 8.27. The second-order valence-electron chi connectivity index (χ2n) is 6.40. The molecule has 0 unspecified atom stereocenters. The number of nitrogens with zero attached hydrogens (tertiary/aromatic N) is 2. The van der Waals surface area contributed by atoms with Crippen LogP contribution in [0.25, 0.3) is 12.2 Å². The van der Waals surface area contributed by atoms with Crippen molar-refractivity contribution in [3.63, 3.8) is 0 Å². The summed E-state index contributed by atoms with van der Waals surface area (Å²) >= 11 is 0. The lowest BCUT2D eigenvalue weighted by Gasteiger charge is -2.02. The van der Waals surface area contributed by atoms with Gasteiger partial charge in [0.2, 0.25) is 11.8 Å². The molecular weight excluding hydrogens is 296 g/mol. The van der Waals surface area contributed by atoms with E-state index in [1.165, 1.54) is 27.8 Å². The quantitative estimate of drug-likeness (QED) is 0.674. The summed E-state index contributed by atoms with van der Waals surface area (Å²) in [6.07, 6.45) is 4.55. The Morgan fingerprint density at radius 3 is 2.29 bits per heavy atom. The number of benzene rings is 2. The molecule has 122 valence electrons. The summed E-state index contributed by atoms with van der Waals surface area (Å²) in [6.45, 7) is 8.40. The van der Waals surface area contributed by atoms with Crippen LogP contribution in [0.4, 0.5) is 0 Å². The Balaban J connectivity index is 1.74. The molecule has 24 heavy (non-hydrogen) atoms. The first-order valence-electron chi connectivity index (χ1n) is 8.14. The second kappa shape index (κ2) is 6.83. The monoisotopic (exact) mass is 318 g/mol. The predicted molar refractivity (Wildman–Crippen MR) is 97.9 cm³/mol. The Kier molecular flexibility index (Phi) is 4.61. The van der Waals surface area contributed by atoms with Gasteiger partial charge in [0.25, 0.3) is 0 Å². The summed E-state index contributed by atoms with van der Waals surface area (Å²) in [4.78, 5) is 0. The molecule has 0 N–H and O–H groups in total. The van der Waals surface area contributed by atoms with Crippen molar-refractivity contribution in [1.29, 1.82) is 0 Å². The zero-order valence-corrected chi connectivity index (χ0v) is 14.6. The van der Waals surface area contributed by atoms with Crippen molar-refractivity contribution in [1.82, 2.24) is 10.2 Å². The van der Waals surface area contributed by atoms with Gasteiger partial charge in [-0.1, -0.05) is 53.1 Å². The molecule has 0 aliphatic carbocycles. The lowest BCUT2D eigenvalue weighted by molar-refractivity contribution is 0.496. The first-order chi connectivity index (χ1) is 11.5. The fourth-order valence-electron chi connectivity index (χ4n) is 2.92. The molecule has 0 spiro atoms. The van der Waals surface area contributed by atoms with Crippen LogP contribution >= 0.6 is 0 Å². The highest BCUT2D eigenvalue weighted by Crippen LogP contribution is 2.16. The molecule has 0 aliphatic heterocycles. The molecule has 0 saturated carbocycles. The van der Waals surface area contributed by atoms with Crippen LogP contribution in [0.1, 0.15) is 45.2 Å². The van der Waals surface area contributed by atoms with E-state index in [1.54, 1.807) is 0 Å². The van der Waals surface area contributed by atoms with E-state index in [2.05, 4.69) is 74.3 Å². The lowest BCUT2D eigenvalue weighted by Crippen LogP contribution is -1.90. The number of rotatable bonds is 4. The average molecular weight is 318 g/mol. The molecule has 0 fully saturated rings. The SMILES string of the molecule is Cc1cc(C)cc(Cc2nnc(/C=C/c3ccc(C)cc3C)o2)c1. The van der Waals surface area contributed by atoms with Crippen LogP contribution in [0.2, 0.25) is 0 Å². The number of aryl methyl sites for hydroxylation is 4. The average Bonchev–Trinajstić information content (AvgIpc) is 2.92. The zero-order valence-electron chi connectivity index (χ0n) is 14.6. The van der Waals surface area contributed by atoms with Crippen molar-refractivity contribution in [2.24, 2.45) is 0 Å². The van der Waals surface area contributed by atoms with E-state index in [0.29, 0.717) is 18.2 Å². The maximum Gasteiger partial charge on any atom is 0.240 e. The highest BCUT2D eigenvalue weighted by Gasteiger charge is 2.06. The van der Waals surface area contributed by atoms with E-state index in [1.807, 2.05) is 12.2 Å². The third-order valence-corrected chi connectivity index (χ3v) is 3.95. The Labute approximate surface area is 143 Å². The van der Waals surface area contributed by atoms with Crippen LogP contribution in [0.15, 0.2) is 40.8 Å². The number of hydrogen-bond acceptors (Lipinski definition) is 3. The van der Waals surface area contributed by atoms with E-state index >= 15 is 0 Å². The maximum absolute atomic E-state index is 5.74. The molecule has 0 amide bonds. The highest BCUT2D eigenvalue weighted by atomic mass is 16.4. The topological polar surface area (TPSA) is 38.9 Å².